The number of carbonyl (C=O) groups excluding carboxylic acids is 2. The molecule has 0 bridgehead atoms. The number of hydrogen-bond donors (Lipinski definition) is 1. The van der Waals surface area contributed by atoms with Crippen LogP contribution in [0.2, 0.25) is 0 Å². The Balaban J connectivity index is 1.44. The summed E-state index contributed by atoms with van der Waals surface area (Å²) in [5, 5.41) is 13.2. The molecule has 0 spiro atoms. The van der Waals surface area contributed by atoms with E-state index in [9.17, 15) is 14.9 Å². The molecule has 2 amide bonds. The van der Waals surface area contributed by atoms with Crippen LogP contribution in [0.3, 0.4) is 0 Å². The van der Waals surface area contributed by atoms with E-state index >= 15 is 0 Å². The molecule has 170 valence electrons. The molecule has 0 unspecified atom stereocenters. The van der Waals surface area contributed by atoms with Crippen molar-refractivity contribution in [2.75, 3.05) is 19.0 Å². The number of rotatable bonds is 7. The highest BCUT2D eigenvalue weighted by molar-refractivity contribution is 7.16. The first-order valence-electron chi connectivity index (χ1n) is 10.7. The van der Waals surface area contributed by atoms with Gasteiger partial charge in [0.05, 0.1) is 25.5 Å². The van der Waals surface area contributed by atoms with Crippen LogP contribution >= 0.6 is 11.3 Å². The molecule has 0 saturated carbocycles. The van der Waals surface area contributed by atoms with Gasteiger partial charge in [0, 0.05) is 30.2 Å². The van der Waals surface area contributed by atoms with Crippen molar-refractivity contribution in [3.05, 3.63) is 64.6 Å². The van der Waals surface area contributed by atoms with Crippen LogP contribution in [0.25, 0.3) is 0 Å². The van der Waals surface area contributed by atoms with Gasteiger partial charge in [-0.05, 0) is 29.5 Å². The van der Waals surface area contributed by atoms with Gasteiger partial charge in [-0.2, -0.15) is 5.26 Å². The van der Waals surface area contributed by atoms with Crippen LogP contribution < -0.4 is 10.1 Å². The summed E-state index contributed by atoms with van der Waals surface area (Å²) in [6.07, 6.45) is 5.88. The third-order valence-electron chi connectivity index (χ3n) is 5.81. The fourth-order valence-corrected chi connectivity index (χ4v) is 5.33. The minimum atomic E-state index is -0.156. The summed E-state index contributed by atoms with van der Waals surface area (Å²) in [4.78, 5) is 32.2. The molecule has 1 N–H and O–H groups in total. The molecule has 1 aliphatic rings. The molecular formula is C24H25N5O3S. The third-order valence-corrected chi connectivity index (χ3v) is 6.94. The molecule has 2 aromatic heterocycles. The van der Waals surface area contributed by atoms with Gasteiger partial charge >= 0.3 is 0 Å². The molecule has 3 heterocycles. The summed E-state index contributed by atoms with van der Waals surface area (Å²) < 4.78 is 7.15. The number of hydrogen-bond acceptors (Lipinski definition) is 6. The van der Waals surface area contributed by atoms with Gasteiger partial charge in [0.25, 0.3) is 0 Å². The monoisotopic (exact) mass is 463 g/mol. The number of aromatic nitrogens is 2. The normalized spacial score (nSPS) is 13.7. The minimum absolute atomic E-state index is 0.00164. The van der Waals surface area contributed by atoms with Crippen molar-refractivity contribution >= 4 is 28.2 Å². The third kappa shape index (κ3) is 4.91. The zero-order valence-corrected chi connectivity index (χ0v) is 19.4. The molecule has 4 rings (SSSR count). The van der Waals surface area contributed by atoms with Crippen LogP contribution in [0.15, 0.2) is 43.0 Å². The number of benzene rings is 1. The number of ether oxygens (including phenoxy) is 1. The predicted octanol–water partition coefficient (Wildman–Crippen LogP) is 3.54. The molecule has 0 saturated heterocycles. The van der Waals surface area contributed by atoms with E-state index in [1.165, 1.54) is 11.3 Å². The SMILES string of the molecule is COc1ccccc1[C@@H](C)CC(=O)Nc1sc2c(c1C#N)CCN(C(=O)Cn1ccnc1)C2. The standard InChI is InChI=1S/C24H25N5O3S/c1-16(17-5-3-4-6-20(17)32-2)11-22(30)27-24-19(12-25)18-7-9-29(13-21(18)33-24)23(31)14-28-10-8-26-15-28/h3-6,8,10,15-16H,7,9,11,13-14H2,1-2H3,(H,27,30)/t16-/m0/s1. The topological polar surface area (TPSA) is 100 Å². The van der Waals surface area contributed by atoms with Gasteiger partial charge in [-0.25, -0.2) is 4.98 Å². The summed E-state index contributed by atoms with van der Waals surface area (Å²) in [6, 6.07) is 9.91. The first-order chi connectivity index (χ1) is 16.0. The average molecular weight is 464 g/mol. The van der Waals surface area contributed by atoms with Crippen LogP contribution in [0, 0.1) is 11.3 Å². The van der Waals surface area contributed by atoms with E-state index in [1.807, 2.05) is 31.2 Å². The van der Waals surface area contributed by atoms with Gasteiger partial charge in [-0.15, -0.1) is 11.3 Å². The summed E-state index contributed by atoms with van der Waals surface area (Å²) in [6.45, 7) is 3.20. The van der Waals surface area contributed by atoms with E-state index in [0.717, 1.165) is 21.8 Å². The lowest BCUT2D eigenvalue weighted by atomic mass is 9.96. The Morgan fingerprint density at radius 3 is 2.91 bits per heavy atom. The second-order valence-corrected chi connectivity index (χ2v) is 9.12. The maximum atomic E-state index is 12.8. The molecular weight excluding hydrogens is 438 g/mol. The largest absolute Gasteiger partial charge is 0.496 e. The lowest BCUT2D eigenvalue weighted by Crippen LogP contribution is -2.37. The first-order valence-corrected chi connectivity index (χ1v) is 11.5. The quantitative estimate of drug-likeness (QED) is 0.578. The predicted molar refractivity (Wildman–Crippen MR) is 125 cm³/mol. The summed E-state index contributed by atoms with van der Waals surface area (Å²) >= 11 is 1.38. The number of nitrogens with one attached hydrogen (secondary N) is 1. The Morgan fingerprint density at radius 2 is 2.18 bits per heavy atom. The smallest absolute Gasteiger partial charge is 0.242 e. The zero-order chi connectivity index (χ0) is 23.4. The van der Waals surface area contributed by atoms with E-state index < -0.39 is 0 Å². The maximum absolute atomic E-state index is 12.8. The van der Waals surface area contributed by atoms with Gasteiger partial charge in [0.15, 0.2) is 0 Å². The molecule has 1 aliphatic heterocycles. The van der Waals surface area contributed by atoms with E-state index in [2.05, 4.69) is 16.4 Å². The van der Waals surface area contributed by atoms with Crippen LogP contribution in [-0.2, 0) is 29.1 Å². The number of para-hydroxylation sites is 1. The molecule has 8 nitrogen and oxygen atoms in total. The van der Waals surface area contributed by atoms with E-state index in [4.69, 9.17) is 4.74 Å². The van der Waals surface area contributed by atoms with Crippen molar-refractivity contribution in [3.63, 3.8) is 0 Å². The van der Waals surface area contributed by atoms with Crippen LogP contribution in [0.5, 0.6) is 5.75 Å². The molecule has 0 aliphatic carbocycles. The number of amides is 2. The average Bonchev–Trinajstić information content (AvgIpc) is 3.45. The van der Waals surface area contributed by atoms with E-state index in [1.54, 1.807) is 35.3 Å². The van der Waals surface area contributed by atoms with Crippen molar-refractivity contribution in [2.45, 2.75) is 38.8 Å². The molecule has 0 fully saturated rings. The maximum Gasteiger partial charge on any atom is 0.242 e. The second-order valence-electron chi connectivity index (χ2n) is 8.02. The first kappa shape index (κ1) is 22.6. The van der Waals surface area contributed by atoms with Crippen LogP contribution in [0.1, 0.15) is 40.8 Å². The summed E-state index contributed by atoms with van der Waals surface area (Å²) in [5.74, 6) is 0.554. The van der Waals surface area contributed by atoms with Gasteiger partial charge < -0.3 is 19.5 Å². The highest BCUT2D eigenvalue weighted by Crippen LogP contribution is 2.37. The van der Waals surface area contributed by atoms with Crippen molar-refractivity contribution in [2.24, 2.45) is 0 Å². The van der Waals surface area contributed by atoms with Gasteiger partial charge in [-0.3, -0.25) is 9.59 Å². The van der Waals surface area contributed by atoms with Crippen molar-refractivity contribution in [1.29, 1.82) is 5.26 Å². The number of anilines is 1. The van der Waals surface area contributed by atoms with E-state index in [-0.39, 0.29) is 30.7 Å². The highest BCUT2D eigenvalue weighted by Gasteiger charge is 2.28. The molecule has 0 radical (unpaired) electrons. The Labute approximate surface area is 196 Å². The fourth-order valence-electron chi connectivity index (χ4n) is 4.10. The number of nitrogens with zero attached hydrogens (tertiary/aromatic N) is 4. The lowest BCUT2D eigenvalue weighted by Gasteiger charge is -2.27. The Kier molecular flexibility index (Phi) is 6.75. The van der Waals surface area contributed by atoms with Crippen molar-refractivity contribution in [1.82, 2.24) is 14.5 Å². The molecule has 1 atom stereocenters. The lowest BCUT2D eigenvalue weighted by molar-refractivity contribution is -0.132. The Morgan fingerprint density at radius 1 is 1.36 bits per heavy atom. The number of thiophene rings is 1. The minimum Gasteiger partial charge on any atom is -0.496 e. The zero-order valence-electron chi connectivity index (χ0n) is 18.6. The number of fused-ring (bicyclic) bond motifs is 1. The van der Waals surface area contributed by atoms with Crippen molar-refractivity contribution in [3.8, 4) is 11.8 Å². The van der Waals surface area contributed by atoms with Crippen molar-refractivity contribution < 1.29 is 14.3 Å². The molecule has 1 aromatic carbocycles. The summed E-state index contributed by atoms with van der Waals surface area (Å²) in [7, 11) is 1.62. The molecule has 3 aromatic rings. The Bertz CT molecular complexity index is 1200. The van der Waals surface area contributed by atoms with Gasteiger partial charge in [0.2, 0.25) is 11.8 Å². The number of nitriles is 1. The number of carbonyl (C=O) groups is 2. The van der Waals surface area contributed by atoms with Crippen LogP contribution in [-0.4, -0.2) is 39.9 Å². The van der Waals surface area contributed by atoms with Gasteiger partial charge in [0.1, 0.15) is 23.4 Å². The molecule has 9 heteroatoms. The highest BCUT2D eigenvalue weighted by atomic mass is 32.1. The summed E-state index contributed by atoms with van der Waals surface area (Å²) in [5.41, 5.74) is 2.41. The number of methoxy groups -OCH3 is 1. The number of imidazole rings is 1. The fraction of sp³-hybridized carbons (Fsp3) is 0.333. The van der Waals surface area contributed by atoms with E-state index in [0.29, 0.717) is 30.1 Å². The van der Waals surface area contributed by atoms with Crippen LogP contribution in [0.4, 0.5) is 5.00 Å². The molecule has 33 heavy (non-hydrogen) atoms. The Hall–Kier alpha value is -3.64. The van der Waals surface area contributed by atoms with Gasteiger partial charge in [-0.1, -0.05) is 25.1 Å². The second kappa shape index (κ2) is 9.88.